The zero-order valence-electron chi connectivity index (χ0n) is 15.4. The first-order valence-electron chi connectivity index (χ1n) is 7.98. The van der Waals surface area contributed by atoms with Crippen LogP contribution in [0.3, 0.4) is 0 Å². The molecule has 26 heavy (non-hydrogen) atoms. The van der Waals surface area contributed by atoms with Gasteiger partial charge in [-0.05, 0) is 11.5 Å². The van der Waals surface area contributed by atoms with Gasteiger partial charge in [-0.3, -0.25) is 0 Å². The van der Waals surface area contributed by atoms with Crippen LogP contribution in [-0.4, -0.2) is 59.5 Å². The molecule has 1 aromatic rings. The molecule has 1 saturated heterocycles. The maximum atomic E-state index is 12.9. The number of hydrogen-bond acceptors (Lipinski definition) is 5. The number of amides is 4. The fourth-order valence-electron chi connectivity index (χ4n) is 2.99. The summed E-state index contributed by atoms with van der Waals surface area (Å²) in [5.74, 6) is -1.20. The van der Waals surface area contributed by atoms with Crippen molar-refractivity contribution in [3.63, 3.8) is 0 Å². The molecule has 1 heterocycles. The number of hydrogen-bond donors (Lipinski definition) is 3. The van der Waals surface area contributed by atoms with Crippen LogP contribution in [0.25, 0.3) is 0 Å². The highest BCUT2D eigenvalue weighted by Gasteiger charge is 2.58. The summed E-state index contributed by atoms with van der Waals surface area (Å²) in [5, 5.41) is 20.3. The van der Waals surface area contributed by atoms with Crippen LogP contribution in [-0.2, 0) is 10.2 Å². The fourth-order valence-corrected chi connectivity index (χ4v) is 2.99. The molecule has 0 spiro atoms. The van der Waals surface area contributed by atoms with E-state index in [2.05, 4.69) is 0 Å². The molecular weight excluding hydrogens is 342 g/mol. The Labute approximate surface area is 151 Å². The number of carbonyl (C=O) groups excluding carboxylic acids is 2. The molecule has 1 fully saturated rings. The number of aliphatic carboxylic acids is 1. The number of nitrogens with two attached hydrogens (primary N) is 1. The number of primary amides is 1. The first-order chi connectivity index (χ1) is 11.8. The number of ether oxygens (including phenoxy) is 1. The lowest BCUT2D eigenvalue weighted by atomic mass is 9.85. The lowest BCUT2D eigenvalue weighted by molar-refractivity contribution is -0.733. The third-order valence-corrected chi connectivity index (χ3v) is 4.62. The maximum Gasteiger partial charge on any atom is 0.433 e. The molecule has 0 aliphatic carbocycles. The molecule has 0 saturated carbocycles. The Morgan fingerprint density at radius 2 is 1.92 bits per heavy atom. The summed E-state index contributed by atoms with van der Waals surface area (Å²) in [6, 6.07) is -0.159. The molecule has 2 unspecified atom stereocenters. The second-order valence-electron chi connectivity index (χ2n) is 7.51. The molecule has 4 amide bonds. The van der Waals surface area contributed by atoms with Crippen LogP contribution in [0.2, 0.25) is 0 Å². The number of carbonyl (C=O) groups is 3. The van der Waals surface area contributed by atoms with Gasteiger partial charge >= 0.3 is 18.0 Å². The summed E-state index contributed by atoms with van der Waals surface area (Å²) in [6.45, 7) is 5.23. The van der Waals surface area contributed by atoms with Gasteiger partial charge in [0.2, 0.25) is 0 Å². The lowest BCUT2D eigenvalue weighted by Crippen LogP contribution is -2.55. The van der Waals surface area contributed by atoms with Gasteiger partial charge in [0.1, 0.15) is 18.0 Å². The van der Waals surface area contributed by atoms with Crippen molar-refractivity contribution in [3.8, 4) is 11.5 Å². The number of anilines is 1. The van der Waals surface area contributed by atoms with Crippen LogP contribution >= 0.6 is 0 Å². The SMILES string of the molecule is COc1cc(N2C(=O)[N+](C)(C(N)=O)CC2C(=O)O)c(O)c(C(C)(C)C)c1. The molecule has 4 N–H and O–H groups in total. The van der Waals surface area contributed by atoms with Crippen molar-refractivity contribution in [1.82, 2.24) is 0 Å². The summed E-state index contributed by atoms with van der Waals surface area (Å²) < 4.78 is 4.34. The zero-order chi connectivity index (χ0) is 20.0. The summed E-state index contributed by atoms with van der Waals surface area (Å²) in [4.78, 5) is 37.3. The van der Waals surface area contributed by atoms with Gasteiger partial charge in [0.15, 0.2) is 6.04 Å². The van der Waals surface area contributed by atoms with Crippen LogP contribution in [0.15, 0.2) is 12.1 Å². The standard InChI is InChI=1S/C17H23N3O6/c1-17(2,3)10-6-9(26-5)7-11(13(10)21)19-12(14(22)23)8-20(4,15(18)24)16(19)25/h6-7,12H,8H2,1-5H3,(H3-,18,21,22,23,24)/p+1. The third-order valence-electron chi connectivity index (χ3n) is 4.62. The minimum atomic E-state index is -1.36. The van der Waals surface area contributed by atoms with Gasteiger partial charge in [0, 0.05) is 11.6 Å². The molecule has 9 heteroatoms. The fraction of sp³-hybridized carbons (Fsp3) is 0.471. The van der Waals surface area contributed by atoms with E-state index < -0.39 is 34.0 Å². The second-order valence-corrected chi connectivity index (χ2v) is 7.51. The van der Waals surface area contributed by atoms with Crippen molar-refractivity contribution >= 4 is 23.7 Å². The number of phenols is 1. The van der Waals surface area contributed by atoms with E-state index in [1.54, 1.807) is 6.07 Å². The number of phenolic OH excluding ortho intramolecular Hbond substituents is 1. The van der Waals surface area contributed by atoms with Gasteiger partial charge in [0.05, 0.1) is 19.8 Å². The topological polar surface area (TPSA) is 130 Å². The maximum absolute atomic E-state index is 12.9. The van der Waals surface area contributed by atoms with Crippen molar-refractivity contribution in [1.29, 1.82) is 0 Å². The molecule has 1 aliphatic heterocycles. The molecular formula is C17H24N3O6+. The highest BCUT2D eigenvalue weighted by Crippen LogP contribution is 2.44. The van der Waals surface area contributed by atoms with E-state index >= 15 is 0 Å². The Balaban J connectivity index is 2.74. The Morgan fingerprint density at radius 3 is 2.35 bits per heavy atom. The summed E-state index contributed by atoms with van der Waals surface area (Å²) in [6.07, 6.45) is 0. The average Bonchev–Trinajstić information content (AvgIpc) is 2.80. The molecule has 0 radical (unpaired) electrons. The first-order valence-corrected chi connectivity index (χ1v) is 7.98. The zero-order valence-corrected chi connectivity index (χ0v) is 15.4. The molecule has 142 valence electrons. The van der Waals surface area contributed by atoms with Gasteiger partial charge in [-0.2, -0.15) is 4.48 Å². The molecule has 9 nitrogen and oxygen atoms in total. The molecule has 1 aromatic carbocycles. The predicted molar refractivity (Wildman–Crippen MR) is 93.3 cm³/mol. The normalized spacial score (nSPS) is 23.2. The van der Waals surface area contributed by atoms with E-state index in [0.717, 1.165) is 4.90 Å². The minimum absolute atomic E-state index is 0.0326. The molecule has 1 aliphatic rings. The first kappa shape index (κ1) is 19.5. The number of carboxylic acids is 1. The molecule has 2 rings (SSSR count). The van der Waals surface area contributed by atoms with Gasteiger partial charge in [-0.25, -0.2) is 19.3 Å². The van der Waals surface area contributed by atoms with Crippen molar-refractivity contribution in [2.45, 2.75) is 32.2 Å². The van der Waals surface area contributed by atoms with Gasteiger partial charge < -0.3 is 20.7 Å². The van der Waals surface area contributed by atoms with E-state index in [1.165, 1.54) is 20.2 Å². The molecule has 0 aromatic heterocycles. The predicted octanol–water partition coefficient (Wildman–Crippen LogP) is 1.62. The molecule has 0 bridgehead atoms. The average molecular weight is 366 g/mol. The van der Waals surface area contributed by atoms with Crippen molar-refractivity contribution < 1.29 is 33.8 Å². The monoisotopic (exact) mass is 366 g/mol. The minimum Gasteiger partial charge on any atom is -0.505 e. The second kappa shape index (κ2) is 6.17. The van der Waals surface area contributed by atoms with Crippen molar-refractivity contribution in [2.75, 3.05) is 25.6 Å². The van der Waals surface area contributed by atoms with Crippen LogP contribution in [0.1, 0.15) is 26.3 Å². The van der Waals surface area contributed by atoms with Gasteiger partial charge in [0.25, 0.3) is 0 Å². The third kappa shape index (κ3) is 2.94. The number of aromatic hydroxyl groups is 1. The Bertz CT molecular complexity index is 785. The highest BCUT2D eigenvalue weighted by molar-refractivity contribution is 6.02. The smallest absolute Gasteiger partial charge is 0.433 e. The Kier molecular flexibility index (Phi) is 4.63. The number of nitrogens with zero attached hydrogens (tertiary/aromatic N) is 2. The Morgan fingerprint density at radius 1 is 1.35 bits per heavy atom. The number of imide groups is 1. The quantitative estimate of drug-likeness (QED) is 0.697. The summed E-state index contributed by atoms with van der Waals surface area (Å²) in [5.41, 5.74) is 5.26. The number of urea groups is 2. The van der Waals surface area contributed by atoms with Crippen molar-refractivity contribution in [3.05, 3.63) is 17.7 Å². The number of likely N-dealkylation sites (N-methyl/N-ethyl adjacent to an activating group) is 1. The number of benzene rings is 1. The van der Waals surface area contributed by atoms with Crippen LogP contribution in [0.4, 0.5) is 15.3 Å². The number of methoxy groups -OCH3 is 1. The molecule has 2 atom stereocenters. The van der Waals surface area contributed by atoms with E-state index in [-0.39, 0.29) is 18.0 Å². The van der Waals surface area contributed by atoms with Gasteiger partial charge in [-0.1, -0.05) is 20.8 Å². The summed E-state index contributed by atoms with van der Waals surface area (Å²) in [7, 11) is 2.68. The number of carboxylic acid groups (broad SMARTS) is 1. The van der Waals surface area contributed by atoms with E-state index in [0.29, 0.717) is 11.3 Å². The lowest BCUT2D eigenvalue weighted by Gasteiger charge is -2.26. The van der Waals surface area contributed by atoms with Crippen LogP contribution < -0.4 is 15.4 Å². The number of quaternary nitrogens is 1. The van der Waals surface area contributed by atoms with Crippen LogP contribution in [0.5, 0.6) is 11.5 Å². The largest absolute Gasteiger partial charge is 0.505 e. The Hall–Kier alpha value is -2.81. The van der Waals surface area contributed by atoms with E-state index in [1.807, 2.05) is 20.8 Å². The van der Waals surface area contributed by atoms with Gasteiger partial charge in [-0.15, -0.1) is 0 Å². The van der Waals surface area contributed by atoms with Crippen LogP contribution in [0, 0.1) is 0 Å². The summed E-state index contributed by atoms with van der Waals surface area (Å²) >= 11 is 0. The van der Waals surface area contributed by atoms with E-state index in [9.17, 15) is 24.6 Å². The highest BCUT2D eigenvalue weighted by atomic mass is 16.5. The number of rotatable bonds is 3. The van der Waals surface area contributed by atoms with E-state index in [4.69, 9.17) is 10.5 Å². The van der Waals surface area contributed by atoms with Crippen molar-refractivity contribution in [2.24, 2.45) is 5.73 Å².